The van der Waals surface area contributed by atoms with E-state index in [0.29, 0.717) is 5.59 Å². The first-order chi connectivity index (χ1) is 7.73. The van der Waals surface area contributed by atoms with E-state index in [1.165, 1.54) is 0 Å². The van der Waals surface area contributed by atoms with Crippen LogP contribution in [0.1, 0.15) is 38.2 Å². The lowest BCUT2D eigenvalue weighted by Gasteiger charge is -2.32. The van der Waals surface area contributed by atoms with Crippen LogP contribution in [0.15, 0.2) is 6.07 Å². The zero-order chi connectivity index (χ0) is 12.8. The van der Waals surface area contributed by atoms with E-state index in [-0.39, 0.29) is 5.69 Å². The number of amides is 1. The molecular weight excluding hydrogens is 221 g/mol. The van der Waals surface area contributed by atoms with Gasteiger partial charge in [-0.3, -0.25) is 9.89 Å². The maximum atomic E-state index is 10.9. The van der Waals surface area contributed by atoms with Crippen LogP contribution in [-0.2, 0) is 9.31 Å². The molecule has 7 heteroatoms. The number of nitrogens with zero attached hydrogens (tertiary/aromatic N) is 1. The number of rotatable bonds is 2. The number of nitrogens with one attached hydrogen (secondary N) is 1. The first-order valence-electron chi connectivity index (χ1n) is 5.44. The van der Waals surface area contributed by atoms with Crippen LogP contribution in [0.5, 0.6) is 0 Å². The number of aromatic nitrogens is 2. The smallest absolute Gasteiger partial charge is 0.398 e. The van der Waals surface area contributed by atoms with Gasteiger partial charge in [-0.25, -0.2) is 0 Å². The lowest BCUT2D eigenvalue weighted by Crippen LogP contribution is -2.41. The summed E-state index contributed by atoms with van der Waals surface area (Å²) in [4.78, 5) is 10.9. The minimum atomic E-state index is -0.580. The first kappa shape index (κ1) is 12.1. The molecule has 2 heterocycles. The fourth-order valence-electron chi connectivity index (χ4n) is 1.55. The molecule has 0 bridgehead atoms. The minimum Gasteiger partial charge on any atom is -0.398 e. The summed E-state index contributed by atoms with van der Waals surface area (Å²) in [5.41, 5.74) is 5.06. The Kier molecular flexibility index (Phi) is 2.55. The van der Waals surface area contributed by atoms with Gasteiger partial charge in [-0.05, 0) is 33.8 Å². The number of carbonyl (C=O) groups is 1. The van der Waals surface area contributed by atoms with Crippen molar-refractivity contribution in [3.05, 3.63) is 11.8 Å². The van der Waals surface area contributed by atoms with E-state index >= 15 is 0 Å². The van der Waals surface area contributed by atoms with Gasteiger partial charge in [0.25, 0.3) is 5.91 Å². The molecule has 6 nitrogen and oxygen atoms in total. The molecule has 0 aromatic carbocycles. The Morgan fingerprint density at radius 2 is 1.88 bits per heavy atom. The van der Waals surface area contributed by atoms with Crippen LogP contribution in [0.25, 0.3) is 0 Å². The molecule has 1 saturated heterocycles. The maximum Gasteiger partial charge on any atom is 0.513 e. The van der Waals surface area contributed by atoms with E-state index < -0.39 is 24.2 Å². The van der Waals surface area contributed by atoms with Crippen LogP contribution < -0.4 is 11.3 Å². The summed E-state index contributed by atoms with van der Waals surface area (Å²) in [5, 5.41) is 6.50. The van der Waals surface area contributed by atoms with Crippen LogP contribution in [0, 0.1) is 0 Å². The number of H-pyrrole nitrogens is 1. The van der Waals surface area contributed by atoms with Gasteiger partial charge < -0.3 is 15.0 Å². The van der Waals surface area contributed by atoms with Crippen LogP contribution in [-0.4, -0.2) is 34.4 Å². The van der Waals surface area contributed by atoms with Crippen LogP contribution >= 0.6 is 0 Å². The molecule has 0 spiro atoms. The second-order valence-electron chi connectivity index (χ2n) is 5.16. The van der Waals surface area contributed by atoms with Gasteiger partial charge in [0.15, 0.2) is 0 Å². The monoisotopic (exact) mass is 237 g/mol. The normalized spacial score (nSPS) is 21.8. The number of nitrogens with two attached hydrogens (primary N) is 1. The van der Waals surface area contributed by atoms with Crippen molar-refractivity contribution in [1.29, 1.82) is 0 Å². The average Bonchev–Trinajstić information content (AvgIpc) is 2.70. The second-order valence-corrected chi connectivity index (χ2v) is 5.16. The van der Waals surface area contributed by atoms with Gasteiger partial charge in [0.2, 0.25) is 0 Å². The molecule has 0 radical (unpaired) electrons. The summed E-state index contributed by atoms with van der Waals surface area (Å²) in [6.45, 7) is 7.83. The summed E-state index contributed by atoms with van der Waals surface area (Å²) in [6.07, 6.45) is 0. The summed E-state index contributed by atoms with van der Waals surface area (Å²) in [5.74, 6) is -0.580. The van der Waals surface area contributed by atoms with E-state index in [2.05, 4.69) is 10.2 Å². The van der Waals surface area contributed by atoms with Gasteiger partial charge in [-0.15, -0.1) is 0 Å². The Morgan fingerprint density at radius 3 is 2.29 bits per heavy atom. The fraction of sp³-hybridized carbons (Fsp3) is 0.600. The molecular formula is C10H16BN3O3. The summed E-state index contributed by atoms with van der Waals surface area (Å²) >= 11 is 0. The number of carbonyl (C=O) groups excluding carboxylic acids is 1. The number of hydrogen-bond acceptors (Lipinski definition) is 4. The molecule has 3 N–H and O–H groups in total. The Hall–Kier alpha value is -1.34. The number of aromatic amines is 1. The lowest BCUT2D eigenvalue weighted by atomic mass is 9.85. The molecule has 1 aliphatic heterocycles. The minimum absolute atomic E-state index is 0.176. The van der Waals surface area contributed by atoms with Crippen molar-refractivity contribution in [3.8, 4) is 0 Å². The molecule has 0 aliphatic carbocycles. The highest BCUT2D eigenvalue weighted by atomic mass is 16.7. The topological polar surface area (TPSA) is 90.2 Å². The third-order valence-electron chi connectivity index (χ3n) is 3.36. The fourth-order valence-corrected chi connectivity index (χ4v) is 1.55. The Labute approximate surface area is 100.0 Å². The van der Waals surface area contributed by atoms with E-state index in [9.17, 15) is 4.79 Å². The maximum absolute atomic E-state index is 10.9. The second kappa shape index (κ2) is 3.58. The molecule has 1 aromatic rings. The molecule has 2 rings (SSSR count). The van der Waals surface area contributed by atoms with E-state index in [0.717, 1.165) is 0 Å². The summed E-state index contributed by atoms with van der Waals surface area (Å²) in [6, 6.07) is 1.55. The Balaban J connectivity index is 2.23. The predicted octanol–water partition coefficient (Wildman–Crippen LogP) is -0.192. The highest BCUT2D eigenvalue weighted by Gasteiger charge is 2.52. The van der Waals surface area contributed by atoms with Crippen molar-refractivity contribution in [2.75, 3.05) is 0 Å². The Morgan fingerprint density at radius 1 is 1.35 bits per heavy atom. The van der Waals surface area contributed by atoms with E-state index in [1.807, 2.05) is 27.7 Å². The van der Waals surface area contributed by atoms with Crippen molar-refractivity contribution < 1.29 is 14.1 Å². The molecule has 92 valence electrons. The standard InChI is InChI=1S/C10H16BN3O3/c1-9(2)10(3,4)17-11(16-9)7-5-6(8(12)15)13-14-7/h5H,1-4H3,(H2,12,15)(H,13,14). The van der Waals surface area contributed by atoms with Gasteiger partial charge in [0.1, 0.15) is 5.69 Å². The first-order valence-corrected chi connectivity index (χ1v) is 5.44. The summed E-state index contributed by atoms with van der Waals surface area (Å²) in [7, 11) is -0.555. The van der Waals surface area contributed by atoms with Crippen molar-refractivity contribution in [2.24, 2.45) is 5.73 Å². The van der Waals surface area contributed by atoms with Crippen molar-refractivity contribution in [3.63, 3.8) is 0 Å². The predicted molar refractivity (Wildman–Crippen MR) is 62.8 cm³/mol. The molecule has 17 heavy (non-hydrogen) atoms. The largest absolute Gasteiger partial charge is 0.513 e. The molecule has 1 amide bonds. The van der Waals surface area contributed by atoms with Gasteiger partial charge >= 0.3 is 7.12 Å². The van der Waals surface area contributed by atoms with E-state index in [1.54, 1.807) is 6.07 Å². The molecule has 0 unspecified atom stereocenters. The summed E-state index contributed by atoms with van der Waals surface area (Å²) < 4.78 is 11.6. The molecule has 1 aliphatic rings. The molecule has 1 fully saturated rings. The quantitative estimate of drug-likeness (QED) is 0.697. The third kappa shape index (κ3) is 1.96. The van der Waals surface area contributed by atoms with E-state index in [4.69, 9.17) is 15.0 Å². The average molecular weight is 237 g/mol. The highest BCUT2D eigenvalue weighted by molar-refractivity contribution is 6.61. The van der Waals surface area contributed by atoms with Gasteiger partial charge in [0.05, 0.1) is 16.8 Å². The zero-order valence-corrected chi connectivity index (χ0v) is 10.4. The number of hydrogen-bond donors (Lipinski definition) is 2. The third-order valence-corrected chi connectivity index (χ3v) is 3.36. The van der Waals surface area contributed by atoms with Crippen molar-refractivity contribution >= 4 is 18.6 Å². The van der Waals surface area contributed by atoms with Gasteiger partial charge in [-0.2, -0.15) is 5.10 Å². The Bertz CT molecular complexity index is 439. The van der Waals surface area contributed by atoms with Crippen LogP contribution in [0.3, 0.4) is 0 Å². The van der Waals surface area contributed by atoms with Crippen LogP contribution in [0.4, 0.5) is 0 Å². The highest BCUT2D eigenvalue weighted by Crippen LogP contribution is 2.36. The van der Waals surface area contributed by atoms with Gasteiger partial charge in [0, 0.05) is 0 Å². The zero-order valence-electron chi connectivity index (χ0n) is 10.4. The molecule has 0 atom stereocenters. The molecule has 1 aromatic heterocycles. The van der Waals surface area contributed by atoms with Crippen molar-refractivity contribution in [1.82, 2.24) is 10.2 Å². The lowest BCUT2D eigenvalue weighted by molar-refractivity contribution is 0.00578. The number of primary amides is 1. The molecule has 0 saturated carbocycles. The van der Waals surface area contributed by atoms with Crippen molar-refractivity contribution in [2.45, 2.75) is 38.9 Å². The van der Waals surface area contributed by atoms with Crippen LogP contribution in [0.2, 0.25) is 0 Å². The van der Waals surface area contributed by atoms with Gasteiger partial charge in [-0.1, -0.05) is 0 Å². The SMILES string of the molecule is CC1(C)OB(c2cc(C(N)=O)n[nH]2)OC1(C)C.